The molecule has 1 rings (SSSR count). The van der Waals surface area contributed by atoms with Crippen LogP contribution in [-0.4, -0.2) is 21.7 Å². The minimum absolute atomic E-state index is 0.178. The molecule has 1 unspecified atom stereocenters. The molecule has 1 aromatic rings. The third-order valence-corrected chi connectivity index (χ3v) is 1.88. The molecule has 0 fully saturated rings. The maximum absolute atomic E-state index is 11.5. The van der Waals surface area contributed by atoms with Gasteiger partial charge in [-0.05, 0) is 6.42 Å². The standard InChI is InChI=1S/C10H13N3O/c1-4-9(5-2)12-10(14)8-6-11-13(3)7-8/h1,6-7,9H,5H2,2-3H3,(H,12,14). The van der Waals surface area contributed by atoms with E-state index in [1.165, 1.54) is 6.20 Å². The summed E-state index contributed by atoms with van der Waals surface area (Å²) in [5.41, 5.74) is 0.529. The molecule has 1 heterocycles. The second-order valence-electron chi connectivity index (χ2n) is 3.00. The molecule has 14 heavy (non-hydrogen) atoms. The molecule has 74 valence electrons. The molecule has 1 N–H and O–H groups in total. The first kappa shape index (κ1) is 10.3. The van der Waals surface area contributed by atoms with Crippen LogP contribution in [0.15, 0.2) is 12.4 Å². The zero-order valence-corrected chi connectivity index (χ0v) is 8.32. The fourth-order valence-corrected chi connectivity index (χ4v) is 1.04. The van der Waals surface area contributed by atoms with Crippen molar-refractivity contribution in [3.63, 3.8) is 0 Å². The molecule has 0 aliphatic carbocycles. The Bertz CT molecular complexity index is 362. The molecule has 0 aliphatic rings. The Kier molecular flexibility index (Phi) is 3.29. The maximum Gasteiger partial charge on any atom is 0.255 e. The third kappa shape index (κ3) is 2.36. The normalized spacial score (nSPS) is 11.8. The minimum Gasteiger partial charge on any atom is -0.338 e. The van der Waals surface area contributed by atoms with Crippen LogP contribution in [0.25, 0.3) is 0 Å². The summed E-state index contributed by atoms with van der Waals surface area (Å²) < 4.78 is 1.58. The zero-order valence-electron chi connectivity index (χ0n) is 8.32. The van der Waals surface area contributed by atoms with E-state index < -0.39 is 0 Å². The Morgan fingerprint density at radius 1 is 1.86 bits per heavy atom. The van der Waals surface area contributed by atoms with E-state index in [2.05, 4.69) is 16.3 Å². The Hall–Kier alpha value is -1.76. The second kappa shape index (κ2) is 4.47. The number of carbonyl (C=O) groups excluding carboxylic acids is 1. The summed E-state index contributed by atoms with van der Waals surface area (Å²) in [6.07, 6.45) is 9.12. The van der Waals surface area contributed by atoms with Crippen LogP contribution in [0, 0.1) is 12.3 Å². The van der Waals surface area contributed by atoms with Gasteiger partial charge in [-0.25, -0.2) is 0 Å². The van der Waals surface area contributed by atoms with Gasteiger partial charge in [0, 0.05) is 13.2 Å². The van der Waals surface area contributed by atoms with Gasteiger partial charge < -0.3 is 5.32 Å². The number of aromatic nitrogens is 2. The predicted octanol–water partition coefficient (Wildman–Crippen LogP) is 0.562. The highest BCUT2D eigenvalue weighted by atomic mass is 16.1. The summed E-state index contributed by atoms with van der Waals surface area (Å²) in [5, 5.41) is 6.62. The van der Waals surface area contributed by atoms with Crippen molar-refractivity contribution in [3.8, 4) is 12.3 Å². The highest BCUT2D eigenvalue weighted by Crippen LogP contribution is 1.97. The van der Waals surface area contributed by atoms with Crippen molar-refractivity contribution in [2.24, 2.45) is 7.05 Å². The SMILES string of the molecule is C#CC(CC)NC(=O)c1cnn(C)c1. The molecule has 0 radical (unpaired) electrons. The summed E-state index contributed by atoms with van der Waals surface area (Å²) in [5.74, 6) is 2.32. The van der Waals surface area contributed by atoms with E-state index in [1.54, 1.807) is 17.9 Å². The Morgan fingerprint density at radius 3 is 3.00 bits per heavy atom. The monoisotopic (exact) mass is 191 g/mol. The first-order chi connectivity index (χ1) is 6.67. The van der Waals surface area contributed by atoms with Gasteiger partial charge in [0.15, 0.2) is 0 Å². The number of aryl methyl sites for hydroxylation is 1. The lowest BCUT2D eigenvalue weighted by Crippen LogP contribution is -2.32. The highest BCUT2D eigenvalue weighted by molar-refractivity contribution is 5.94. The van der Waals surface area contributed by atoms with E-state index in [1.807, 2.05) is 6.92 Å². The molecule has 0 aromatic carbocycles. The molecule has 0 spiro atoms. The molecule has 4 heteroatoms. The predicted molar refractivity (Wildman–Crippen MR) is 53.6 cm³/mol. The van der Waals surface area contributed by atoms with Crippen LogP contribution < -0.4 is 5.32 Å². The Balaban J connectivity index is 2.64. The van der Waals surface area contributed by atoms with Crippen LogP contribution in [0.1, 0.15) is 23.7 Å². The van der Waals surface area contributed by atoms with Crippen LogP contribution in [-0.2, 0) is 7.05 Å². The quantitative estimate of drug-likeness (QED) is 0.710. The second-order valence-corrected chi connectivity index (χ2v) is 3.00. The largest absolute Gasteiger partial charge is 0.338 e. The molecule has 0 aliphatic heterocycles. The van der Waals surface area contributed by atoms with Gasteiger partial charge in [-0.15, -0.1) is 6.42 Å². The molecule has 0 bridgehead atoms. The highest BCUT2D eigenvalue weighted by Gasteiger charge is 2.10. The van der Waals surface area contributed by atoms with E-state index in [0.717, 1.165) is 6.42 Å². The molecule has 1 amide bonds. The number of amides is 1. The fraction of sp³-hybridized carbons (Fsp3) is 0.400. The van der Waals surface area contributed by atoms with Crippen LogP contribution in [0.2, 0.25) is 0 Å². The minimum atomic E-state index is -0.206. The number of rotatable bonds is 3. The maximum atomic E-state index is 11.5. The van der Waals surface area contributed by atoms with E-state index in [-0.39, 0.29) is 11.9 Å². The van der Waals surface area contributed by atoms with Crippen molar-refractivity contribution in [2.75, 3.05) is 0 Å². The van der Waals surface area contributed by atoms with Gasteiger partial charge in [0.2, 0.25) is 0 Å². The van der Waals surface area contributed by atoms with E-state index in [9.17, 15) is 4.79 Å². The van der Waals surface area contributed by atoms with Gasteiger partial charge in [0.1, 0.15) is 0 Å². The number of hydrogen-bond acceptors (Lipinski definition) is 2. The van der Waals surface area contributed by atoms with Crippen LogP contribution in [0.3, 0.4) is 0 Å². The lowest BCUT2D eigenvalue weighted by molar-refractivity contribution is 0.0945. The summed E-state index contributed by atoms with van der Waals surface area (Å²) in [7, 11) is 1.76. The first-order valence-electron chi connectivity index (χ1n) is 4.43. The molecule has 1 aromatic heterocycles. The smallest absolute Gasteiger partial charge is 0.255 e. The molecule has 0 saturated carbocycles. The summed E-state index contributed by atoms with van der Waals surface area (Å²) in [6.45, 7) is 1.92. The van der Waals surface area contributed by atoms with Crippen molar-refractivity contribution in [3.05, 3.63) is 18.0 Å². The van der Waals surface area contributed by atoms with Gasteiger partial charge in [-0.2, -0.15) is 5.10 Å². The summed E-state index contributed by atoms with van der Waals surface area (Å²) >= 11 is 0. The number of carbonyl (C=O) groups is 1. The molecule has 0 saturated heterocycles. The number of nitrogens with one attached hydrogen (secondary N) is 1. The molecular weight excluding hydrogens is 178 g/mol. The number of terminal acetylenes is 1. The van der Waals surface area contributed by atoms with E-state index >= 15 is 0 Å². The van der Waals surface area contributed by atoms with E-state index in [4.69, 9.17) is 6.42 Å². The van der Waals surface area contributed by atoms with Gasteiger partial charge >= 0.3 is 0 Å². The van der Waals surface area contributed by atoms with Gasteiger partial charge in [0.05, 0.1) is 17.8 Å². The average molecular weight is 191 g/mol. The van der Waals surface area contributed by atoms with Crippen molar-refractivity contribution in [1.29, 1.82) is 0 Å². The van der Waals surface area contributed by atoms with Crippen molar-refractivity contribution in [2.45, 2.75) is 19.4 Å². The summed E-state index contributed by atoms with van der Waals surface area (Å²) in [4.78, 5) is 11.5. The van der Waals surface area contributed by atoms with Crippen LogP contribution >= 0.6 is 0 Å². The third-order valence-electron chi connectivity index (χ3n) is 1.88. The number of nitrogens with zero attached hydrogens (tertiary/aromatic N) is 2. The van der Waals surface area contributed by atoms with Gasteiger partial charge in [-0.1, -0.05) is 12.8 Å². The average Bonchev–Trinajstić information content (AvgIpc) is 2.61. The first-order valence-corrected chi connectivity index (χ1v) is 4.43. The van der Waals surface area contributed by atoms with Crippen LogP contribution in [0.5, 0.6) is 0 Å². The van der Waals surface area contributed by atoms with Gasteiger partial charge in [0.25, 0.3) is 5.91 Å². The lowest BCUT2D eigenvalue weighted by Gasteiger charge is -2.08. The molecule has 1 atom stereocenters. The van der Waals surface area contributed by atoms with Crippen molar-refractivity contribution >= 4 is 5.91 Å². The zero-order chi connectivity index (χ0) is 10.6. The Labute approximate surface area is 83.3 Å². The van der Waals surface area contributed by atoms with Crippen molar-refractivity contribution < 1.29 is 4.79 Å². The molecular formula is C10H13N3O. The van der Waals surface area contributed by atoms with E-state index in [0.29, 0.717) is 5.56 Å². The van der Waals surface area contributed by atoms with Crippen molar-refractivity contribution in [1.82, 2.24) is 15.1 Å². The van der Waals surface area contributed by atoms with Gasteiger partial charge in [-0.3, -0.25) is 9.48 Å². The Morgan fingerprint density at radius 2 is 2.57 bits per heavy atom. The topological polar surface area (TPSA) is 46.9 Å². The fourth-order valence-electron chi connectivity index (χ4n) is 1.04. The number of hydrogen-bond donors (Lipinski definition) is 1. The summed E-state index contributed by atoms with van der Waals surface area (Å²) in [6, 6.07) is -0.206. The lowest BCUT2D eigenvalue weighted by atomic mass is 10.2. The van der Waals surface area contributed by atoms with Crippen LogP contribution in [0.4, 0.5) is 0 Å². The molecule has 4 nitrogen and oxygen atoms in total.